The van der Waals surface area contributed by atoms with E-state index in [1.165, 1.54) is 11.0 Å². The number of morpholine rings is 1. The van der Waals surface area contributed by atoms with Gasteiger partial charge in [0.15, 0.2) is 5.75 Å². The van der Waals surface area contributed by atoms with E-state index in [1.54, 1.807) is 38.4 Å². The first-order valence-corrected chi connectivity index (χ1v) is 14.0. The van der Waals surface area contributed by atoms with Gasteiger partial charge in [0.25, 0.3) is 5.91 Å². The molecule has 2 aliphatic heterocycles. The molecule has 2 fully saturated rings. The van der Waals surface area contributed by atoms with Gasteiger partial charge in [-0.05, 0) is 63.6 Å². The summed E-state index contributed by atoms with van der Waals surface area (Å²) in [5.74, 6) is -4.54. The van der Waals surface area contributed by atoms with Crippen LogP contribution in [-0.4, -0.2) is 93.6 Å². The van der Waals surface area contributed by atoms with Crippen molar-refractivity contribution in [3.63, 3.8) is 0 Å². The van der Waals surface area contributed by atoms with Crippen molar-refractivity contribution in [1.29, 1.82) is 0 Å². The highest BCUT2D eigenvalue weighted by molar-refractivity contribution is 6.23. The number of hydrogen-bond acceptors (Lipinski definition) is 8. The summed E-state index contributed by atoms with van der Waals surface area (Å²) in [5, 5.41) is 9.59. The third kappa shape index (κ3) is 10.0. The first kappa shape index (κ1) is 37.0. The van der Waals surface area contributed by atoms with Crippen LogP contribution in [0.15, 0.2) is 42.7 Å². The Morgan fingerprint density at radius 2 is 1.66 bits per heavy atom. The number of benzene rings is 1. The molecule has 1 aromatic heterocycles. The zero-order chi connectivity index (χ0) is 35.4. The molecule has 12 nitrogen and oxygen atoms in total. The molecule has 18 heteroatoms. The number of ether oxygens (including phenoxy) is 2. The van der Waals surface area contributed by atoms with Crippen molar-refractivity contribution in [3.05, 3.63) is 48.3 Å². The Morgan fingerprint density at radius 3 is 2.21 bits per heavy atom. The number of rotatable bonds is 8. The molecule has 2 aliphatic rings. The lowest BCUT2D eigenvalue weighted by Crippen LogP contribution is -2.48. The van der Waals surface area contributed by atoms with Gasteiger partial charge in [-0.15, -0.1) is 13.2 Å². The van der Waals surface area contributed by atoms with Crippen molar-refractivity contribution in [1.82, 2.24) is 14.8 Å². The zero-order valence-corrected chi connectivity index (χ0v) is 25.7. The van der Waals surface area contributed by atoms with Crippen molar-refractivity contribution in [2.75, 3.05) is 36.5 Å². The smallest absolute Gasteiger partial charge is 0.475 e. The summed E-state index contributed by atoms with van der Waals surface area (Å²) in [7, 11) is 0. The number of amides is 4. The lowest BCUT2D eigenvalue weighted by atomic mass is 10.0. The second kappa shape index (κ2) is 14.1. The van der Waals surface area contributed by atoms with E-state index in [9.17, 15) is 40.7 Å². The number of nitrogens with zero attached hydrogens (tertiary/aromatic N) is 4. The fraction of sp³-hybridized carbons (Fsp3) is 0.483. The molecule has 0 spiro atoms. The summed E-state index contributed by atoms with van der Waals surface area (Å²) in [5.41, 5.74) is -1.17. The third-order valence-electron chi connectivity index (χ3n) is 7.04. The fourth-order valence-corrected chi connectivity index (χ4v) is 4.75. The van der Waals surface area contributed by atoms with Gasteiger partial charge in [-0.1, -0.05) is 0 Å². The average Bonchev–Trinajstić information content (AvgIpc) is 3.11. The molecular weight excluding hydrogens is 644 g/mol. The number of imide groups is 1. The SMILES string of the molecule is CC1(C)CN(CCC(=O)Nc2cc(N3C(=O)N(Cc4ccncc4)C(C)(C)C3=O)ccc2OC(F)(F)F)CCO1.O=C(O)C(F)(F)F. The van der Waals surface area contributed by atoms with Crippen molar-refractivity contribution >= 4 is 35.2 Å². The van der Waals surface area contributed by atoms with Crippen LogP contribution in [-0.2, 0) is 25.7 Å². The van der Waals surface area contributed by atoms with Crippen molar-refractivity contribution in [2.45, 2.75) is 64.3 Å². The van der Waals surface area contributed by atoms with Crippen molar-refractivity contribution in [2.24, 2.45) is 0 Å². The molecule has 0 bridgehead atoms. The number of alkyl halides is 6. The van der Waals surface area contributed by atoms with Gasteiger partial charge in [-0.2, -0.15) is 13.2 Å². The molecule has 4 rings (SSSR count). The van der Waals surface area contributed by atoms with E-state index in [1.807, 2.05) is 18.7 Å². The first-order chi connectivity index (χ1) is 21.6. The Morgan fingerprint density at radius 1 is 1.04 bits per heavy atom. The number of anilines is 2. The van der Waals surface area contributed by atoms with Crippen LogP contribution in [0.5, 0.6) is 5.75 Å². The van der Waals surface area contributed by atoms with Crippen LogP contribution in [0.1, 0.15) is 39.7 Å². The number of carbonyl (C=O) groups excluding carboxylic acids is 3. The van der Waals surface area contributed by atoms with Gasteiger partial charge >= 0.3 is 24.5 Å². The van der Waals surface area contributed by atoms with Crippen LogP contribution in [0.25, 0.3) is 0 Å². The van der Waals surface area contributed by atoms with Crippen LogP contribution >= 0.6 is 0 Å². The van der Waals surface area contributed by atoms with E-state index in [4.69, 9.17) is 14.6 Å². The number of carbonyl (C=O) groups is 4. The second-order valence-electron chi connectivity index (χ2n) is 11.6. The van der Waals surface area contributed by atoms with Gasteiger partial charge in [0.2, 0.25) is 5.91 Å². The van der Waals surface area contributed by atoms with E-state index >= 15 is 0 Å². The molecule has 2 aromatic rings. The first-order valence-electron chi connectivity index (χ1n) is 14.0. The summed E-state index contributed by atoms with van der Waals surface area (Å²) in [6, 6.07) is 6.06. The number of halogens is 6. The largest absolute Gasteiger partial charge is 0.573 e. The maximum atomic E-state index is 13.4. The lowest BCUT2D eigenvalue weighted by Gasteiger charge is -2.38. The predicted octanol–water partition coefficient (Wildman–Crippen LogP) is 4.80. The van der Waals surface area contributed by atoms with Crippen LogP contribution < -0.4 is 15.0 Å². The highest BCUT2D eigenvalue weighted by atomic mass is 19.4. The molecule has 4 amide bonds. The van der Waals surface area contributed by atoms with E-state index in [2.05, 4.69) is 15.0 Å². The number of nitrogens with one attached hydrogen (secondary N) is 1. The maximum absolute atomic E-state index is 13.4. The highest BCUT2D eigenvalue weighted by Gasteiger charge is 2.52. The molecule has 2 saturated heterocycles. The van der Waals surface area contributed by atoms with E-state index in [0.717, 1.165) is 22.6 Å². The normalized spacial score (nSPS) is 18.0. The molecule has 0 unspecified atom stereocenters. The van der Waals surface area contributed by atoms with Gasteiger partial charge in [0.1, 0.15) is 5.54 Å². The molecular formula is C29H33F6N5O7. The molecule has 0 atom stereocenters. The van der Waals surface area contributed by atoms with Crippen LogP contribution in [0, 0.1) is 0 Å². The maximum Gasteiger partial charge on any atom is 0.573 e. The highest BCUT2D eigenvalue weighted by Crippen LogP contribution is 2.38. The Hall–Kier alpha value is -4.45. The van der Waals surface area contributed by atoms with Crippen molar-refractivity contribution < 1.29 is 60.1 Å². The molecule has 47 heavy (non-hydrogen) atoms. The minimum atomic E-state index is -5.08. The monoisotopic (exact) mass is 677 g/mol. The van der Waals surface area contributed by atoms with Crippen LogP contribution in [0.2, 0.25) is 0 Å². The van der Waals surface area contributed by atoms with Gasteiger partial charge < -0.3 is 24.8 Å². The average molecular weight is 678 g/mol. The summed E-state index contributed by atoms with van der Waals surface area (Å²) >= 11 is 0. The molecule has 2 N–H and O–H groups in total. The molecule has 0 saturated carbocycles. The van der Waals surface area contributed by atoms with Gasteiger partial charge in [-0.3, -0.25) is 19.5 Å². The summed E-state index contributed by atoms with van der Waals surface area (Å²) in [6.07, 6.45) is -6.98. The number of aliphatic carboxylic acids is 1. The minimum absolute atomic E-state index is 0.0000525. The minimum Gasteiger partial charge on any atom is -0.475 e. The van der Waals surface area contributed by atoms with Crippen molar-refractivity contribution in [3.8, 4) is 5.75 Å². The number of pyridine rings is 1. The van der Waals surface area contributed by atoms with E-state index in [-0.39, 0.29) is 29.9 Å². The Labute approximate surface area is 265 Å². The Bertz CT molecular complexity index is 1470. The summed E-state index contributed by atoms with van der Waals surface area (Å²) in [6.45, 7) is 9.27. The topological polar surface area (TPSA) is 142 Å². The van der Waals surface area contributed by atoms with E-state index < -0.39 is 47.6 Å². The molecule has 0 radical (unpaired) electrons. The van der Waals surface area contributed by atoms with Crippen LogP contribution in [0.4, 0.5) is 42.5 Å². The molecule has 1 aromatic carbocycles. The number of carboxylic acids is 1. The predicted molar refractivity (Wildman–Crippen MR) is 153 cm³/mol. The van der Waals surface area contributed by atoms with Gasteiger partial charge in [-0.25, -0.2) is 14.5 Å². The number of carboxylic acid groups (broad SMARTS) is 1. The number of aromatic nitrogens is 1. The fourth-order valence-electron chi connectivity index (χ4n) is 4.75. The van der Waals surface area contributed by atoms with Gasteiger partial charge in [0.05, 0.1) is 23.6 Å². The standard InChI is InChI=1S/C27H32F3N5O5.C2HF3O2/c1-25(2)17-33(13-14-39-25)12-9-22(36)32-20-15-19(5-6-21(20)40-27(28,29)30)35-23(37)26(3,4)34(24(35)38)16-18-7-10-31-11-8-18;3-2(4,5)1(6)7/h5-8,10-11,15H,9,12-14,16-17H2,1-4H3,(H,32,36);(H,6,7). The van der Waals surface area contributed by atoms with Crippen LogP contribution in [0.3, 0.4) is 0 Å². The van der Waals surface area contributed by atoms with E-state index in [0.29, 0.717) is 26.2 Å². The molecule has 3 heterocycles. The zero-order valence-electron chi connectivity index (χ0n) is 25.7. The Balaban J connectivity index is 0.000000771. The summed E-state index contributed by atoms with van der Waals surface area (Å²) in [4.78, 5) is 56.7. The number of hydrogen-bond donors (Lipinski definition) is 2. The summed E-state index contributed by atoms with van der Waals surface area (Å²) < 4.78 is 80.9. The second-order valence-corrected chi connectivity index (χ2v) is 11.6. The Kier molecular flexibility index (Phi) is 11.1. The number of urea groups is 1. The molecule has 0 aliphatic carbocycles. The lowest BCUT2D eigenvalue weighted by molar-refractivity contribution is -0.274. The quantitative estimate of drug-likeness (QED) is 0.298. The molecule has 258 valence electrons. The third-order valence-corrected chi connectivity index (χ3v) is 7.04. The van der Waals surface area contributed by atoms with Gasteiger partial charge in [0, 0.05) is 45.0 Å².